The molecule has 1 aliphatic carbocycles. The van der Waals surface area contributed by atoms with Crippen molar-refractivity contribution in [1.82, 2.24) is 0 Å². The molecule has 1 aromatic rings. The molecule has 0 bridgehead atoms. The minimum Gasteiger partial charge on any atom is -0.485 e. The summed E-state index contributed by atoms with van der Waals surface area (Å²) in [5, 5.41) is 0. The lowest BCUT2D eigenvalue weighted by molar-refractivity contribution is 0.173. The van der Waals surface area contributed by atoms with Crippen LogP contribution in [0.25, 0.3) is 0 Å². The first-order chi connectivity index (χ1) is 19.4. The predicted molar refractivity (Wildman–Crippen MR) is 162 cm³/mol. The van der Waals surface area contributed by atoms with E-state index in [0.29, 0.717) is 36.9 Å². The molecule has 0 spiro atoms. The smallest absolute Gasteiger partial charge is 0.250 e. The Kier molecular flexibility index (Phi) is 14.9. The van der Waals surface area contributed by atoms with Gasteiger partial charge in [-0.05, 0) is 66.4 Å². The van der Waals surface area contributed by atoms with Crippen LogP contribution in [0.4, 0.5) is 17.3 Å². The van der Waals surface area contributed by atoms with Crippen molar-refractivity contribution in [3.63, 3.8) is 0 Å². The maximum absolute atomic E-state index is 16.2. The van der Waals surface area contributed by atoms with Crippen molar-refractivity contribution in [3.05, 3.63) is 29.3 Å². The van der Waals surface area contributed by atoms with Gasteiger partial charge in [-0.15, -0.1) is 0 Å². The van der Waals surface area contributed by atoms with Gasteiger partial charge in [-0.2, -0.15) is 0 Å². The van der Waals surface area contributed by atoms with Crippen LogP contribution in [0.5, 0.6) is 5.75 Å². The van der Waals surface area contributed by atoms with E-state index in [-0.39, 0.29) is 18.1 Å². The number of ether oxygens (including phenoxy) is 1. The average Bonchev–Trinajstić information content (AvgIpc) is 2.95. The number of unbranched alkanes of at least 4 members (excludes halogenated alkanes) is 9. The van der Waals surface area contributed by atoms with Crippen LogP contribution in [0.3, 0.4) is 0 Å². The van der Waals surface area contributed by atoms with Crippen molar-refractivity contribution in [3.8, 4) is 5.75 Å². The van der Waals surface area contributed by atoms with Gasteiger partial charge in [0, 0.05) is 0 Å². The normalized spacial score (nSPS) is 26.1. The molecule has 1 saturated carbocycles. The van der Waals surface area contributed by atoms with Gasteiger partial charge < -0.3 is 8.84 Å². The van der Waals surface area contributed by atoms with Crippen LogP contribution in [0.2, 0.25) is 17.6 Å². The van der Waals surface area contributed by atoms with Crippen molar-refractivity contribution >= 4 is 8.41 Å². The molecule has 0 aromatic heterocycles. The van der Waals surface area contributed by atoms with Crippen molar-refractivity contribution in [1.29, 1.82) is 0 Å². The van der Waals surface area contributed by atoms with Crippen LogP contribution in [-0.4, -0.2) is 21.2 Å². The third kappa shape index (κ3) is 10.7. The Morgan fingerprint density at radius 2 is 1.32 bits per heavy atom. The number of halogens is 4. The fourth-order valence-electron chi connectivity index (χ4n) is 7.20. The van der Waals surface area contributed by atoms with E-state index in [1.54, 1.807) is 0 Å². The van der Waals surface area contributed by atoms with Gasteiger partial charge in [-0.3, -0.25) is 0 Å². The quantitative estimate of drug-likeness (QED) is 0.0722. The molecule has 1 nitrogen and oxygen atoms in total. The second-order valence-corrected chi connectivity index (χ2v) is 16.9. The molecule has 0 unspecified atom stereocenters. The molecule has 0 amide bonds. The SMILES string of the molecule is CCCCCCCC[C@H](F)COc1c(F)cc(C2CC[Si](F)(C3CCC(CCCCCCC)CC3)CC2)cc1F. The summed E-state index contributed by atoms with van der Waals surface area (Å²) >= 11 is 0. The molecular weight excluding hydrogens is 528 g/mol. The molecule has 1 aliphatic heterocycles. The van der Waals surface area contributed by atoms with Gasteiger partial charge in [0.25, 0.3) is 0 Å². The maximum atomic E-state index is 16.2. The highest BCUT2D eigenvalue weighted by molar-refractivity contribution is 6.74. The number of hydrogen-bond acceptors (Lipinski definition) is 1. The molecule has 230 valence electrons. The van der Waals surface area contributed by atoms with E-state index in [4.69, 9.17) is 4.74 Å². The Hall–Kier alpha value is -1.04. The molecule has 0 N–H and O–H groups in total. The standard InChI is InChI=1S/C34H56F4OSi/c1-3-5-7-9-11-13-15-30(35)26-39-34-32(36)24-29(25-33(34)37)28-20-22-40(38,23-21-28)31-18-16-27(17-19-31)14-12-10-8-6-4-2/h24-25,27-28,30-31H,3-23,26H2,1-2H3/t27?,28?,30-,31?,40?/m0/s1. The van der Waals surface area contributed by atoms with Crippen LogP contribution < -0.4 is 4.74 Å². The zero-order valence-corrected chi connectivity index (χ0v) is 26.4. The molecule has 2 aliphatic rings. The number of benzene rings is 1. The number of alkyl halides is 1. The largest absolute Gasteiger partial charge is 0.485 e. The summed E-state index contributed by atoms with van der Waals surface area (Å²) in [6, 6.07) is 3.88. The monoisotopic (exact) mass is 584 g/mol. The summed E-state index contributed by atoms with van der Waals surface area (Å²) in [6.07, 6.45) is 19.2. The van der Waals surface area contributed by atoms with Gasteiger partial charge >= 0.3 is 0 Å². The van der Waals surface area contributed by atoms with Gasteiger partial charge in [0.05, 0.1) is 0 Å². The Bertz CT molecular complexity index is 810. The molecule has 2 fully saturated rings. The molecule has 1 atom stereocenters. The second-order valence-electron chi connectivity index (χ2n) is 13.0. The topological polar surface area (TPSA) is 9.23 Å². The molecule has 6 heteroatoms. The lowest BCUT2D eigenvalue weighted by Crippen LogP contribution is -2.40. The van der Waals surface area contributed by atoms with E-state index < -0.39 is 32.0 Å². The van der Waals surface area contributed by atoms with Crippen molar-refractivity contribution in [2.24, 2.45) is 5.92 Å². The van der Waals surface area contributed by atoms with E-state index in [1.807, 2.05) is 0 Å². The highest BCUT2D eigenvalue weighted by Gasteiger charge is 2.46. The predicted octanol–water partition coefficient (Wildman–Crippen LogP) is 12.1. The lowest BCUT2D eigenvalue weighted by Gasteiger charge is -2.40. The van der Waals surface area contributed by atoms with Gasteiger partial charge in [-0.25, -0.2) is 13.2 Å². The maximum Gasteiger partial charge on any atom is 0.250 e. The highest BCUT2D eigenvalue weighted by atomic mass is 28.4. The van der Waals surface area contributed by atoms with E-state index in [1.165, 1.54) is 82.8 Å². The van der Waals surface area contributed by atoms with E-state index in [9.17, 15) is 13.2 Å². The van der Waals surface area contributed by atoms with Crippen molar-refractivity contribution in [2.45, 2.75) is 166 Å². The lowest BCUT2D eigenvalue weighted by atomic mass is 9.85. The Morgan fingerprint density at radius 3 is 1.93 bits per heavy atom. The van der Waals surface area contributed by atoms with Gasteiger partial charge in [-0.1, -0.05) is 117 Å². The second kappa shape index (κ2) is 17.8. The molecule has 3 rings (SSSR count). The summed E-state index contributed by atoms with van der Waals surface area (Å²) in [7, 11) is -2.83. The van der Waals surface area contributed by atoms with E-state index >= 15 is 4.11 Å². The molecular formula is C34H56F4OSi. The molecule has 40 heavy (non-hydrogen) atoms. The molecule has 1 saturated heterocycles. The minimum absolute atomic E-state index is 0.0180. The van der Waals surface area contributed by atoms with Gasteiger partial charge in [0.15, 0.2) is 17.4 Å². The third-order valence-corrected chi connectivity index (χ3v) is 14.2. The highest BCUT2D eigenvalue weighted by Crippen LogP contribution is 2.50. The van der Waals surface area contributed by atoms with Crippen molar-refractivity contribution in [2.75, 3.05) is 6.61 Å². The summed E-state index contributed by atoms with van der Waals surface area (Å²) in [5.74, 6) is -1.27. The Morgan fingerprint density at radius 1 is 0.775 bits per heavy atom. The third-order valence-electron chi connectivity index (χ3n) is 9.88. The number of rotatable bonds is 18. The first kappa shape index (κ1) is 33.5. The van der Waals surface area contributed by atoms with Crippen LogP contribution in [-0.2, 0) is 0 Å². The summed E-state index contributed by atoms with van der Waals surface area (Å²) in [4.78, 5) is 0. The zero-order chi connectivity index (χ0) is 28.8. The summed E-state index contributed by atoms with van der Waals surface area (Å²) in [5.41, 5.74) is 0.855. The Labute approximate surface area is 243 Å². The van der Waals surface area contributed by atoms with Gasteiger partial charge in [0.1, 0.15) is 12.8 Å². The van der Waals surface area contributed by atoms with Crippen LogP contribution in [0, 0.1) is 17.6 Å². The Balaban J connectivity index is 1.40. The first-order valence-electron chi connectivity index (χ1n) is 16.8. The number of hydrogen-bond donors (Lipinski definition) is 0. The van der Waals surface area contributed by atoms with E-state index in [0.717, 1.165) is 38.0 Å². The minimum atomic E-state index is -2.83. The van der Waals surface area contributed by atoms with Crippen LogP contribution in [0.1, 0.15) is 147 Å². The van der Waals surface area contributed by atoms with Crippen LogP contribution >= 0.6 is 0 Å². The zero-order valence-electron chi connectivity index (χ0n) is 25.4. The molecule has 1 heterocycles. The average molecular weight is 585 g/mol. The van der Waals surface area contributed by atoms with Crippen LogP contribution in [0.15, 0.2) is 12.1 Å². The molecule has 0 radical (unpaired) electrons. The van der Waals surface area contributed by atoms with Gasteiger partial charge in [0.2, 0.25) is 8.41 Å². The van der Waals surface area contributed by atoms with E-state index in [2.05, 4.69) is 13.8 Å². The van der Waals surface area contributed by atoms with Crippen molar-refractivity contribution < 1.29 is 22.0 Å². The molecule has 1 aromatic carbocycles. The summed E-state index contributed by atoms with van der Waals surface area (Å²) < 4.78 is 65.3. The summed E-state index contributed by atoms with van der Waals surface area (Å²) in [6.45, 7) is 4.08. The first-order valence-corrected chi connectivity index (χ1v) is 19.2. The fourth-order valence-corrected chi connectivity index (χ4v) is 11.3. The fraction of sp³-hybridized carbons (Fsp3) is 0.824.